The van der Waals surface area contributed by atoms with E-state index in [1.54, 1.807) is 6.20 Å². The van der Waals surface area contributed by atoms with Crippen molar-refractivity contribution in [2.75, 3.05) is 6.54 Å². The van der Waals surface area contributed by atoms with Crippen LogP contribution in [0, 0.1) is 0 Å². The maximum Gasteiger partial charge on any atom is 0.0618 e. The molecule has 96 valence electrons. The van der Waals surface area contributed by atoms with E-state index in [9.17, 15) is 0 Å². The summed E-state index contributed by atoms with van der Waals surface area (Å²) in [4.78, 5) is 7.08. The first-order valence-corrected chi connectivity index (χ1v) is 6.59. The third-order valence-corrected chi connectivity index (χ3v) is 4.16. The standard InChI is InChI=1S/C14H19N3O/c1-10(16-18)12-7-11-5-6-17(13-3-2-4-13)9-14(11)15-8-12/h7-8,13,16,18H,1-6,9H2. The molecule has 1 fully saturated rings. The average Bonchev–Trinajstić information content (AvgIpc) is 2.35. The molecule has 0 bridgehead atoms. The molecule has 2 aliphatic rings. The second kappa shape index (κ2) is 4.71. The number of pyridine rings is 1. The van der Waals surface area contributed by atoms with E-state index < -0.39 is 0 Å². The van der Waals surface area contributed by atoms with E-state index in [0.29, 0.717) is 5.70 Å². The Morgan fingerprint density at radius 2 is 2.33 bits per heavy atom. The molecule has 18 heavy (non-hydrogen) atoms. The van der Waals surface area contributed by atoms with Gasteiger partial charge in [0.25, 0.3) is 0 Å². The number of aromatic nitrogens is 1. The largest absolute Gasteiger partial charge is 0.294 e. The van der Waals surface area contributed by atoms with E-state index >= 15 is 0 Å². The average molecular weight is 245 g/mol. The molecular weight excluding hydrogens is 226 g/mol. The molecule has 0 radical (unpaired) electrons. The summed E-state index contributed by atoms with van der Waals surface area (Å²) in [6.45, 7) is 5.84. The van der Waals surface area contributed by atoms with Crippen LogP contribution in [0.25, 0.3) is 5.70 Å². The molecule has 1 aliphatic carbocycles. The van der Waals surface area contributed by atoms with Gasteiger partial charge >= 0.3 is 0 Å². The van der Waals surface area contributed by atoms with Crippen molar-refractivity contribution in [2.24, 2.45) is 0 Å². The van der Waals surface area contributed by atoms with E-state index in [4.69, 9.17) is 5.21 Å². The molecule has 1 saturated carbocycles. The molecule has 2 N–H and O–H groups in total. The fraction of sp³-hybridized carbons (Fsp3) is 0.500. The quantitative estimate of drug-likeness (QED) is 0.799. The molecule has 4 heteroatoms. The molecule has 2 heterocycles. The molecule has 0 amide bonds. The Morgan fingerprint density at radius 1 is 1.50 bits per heavy atom. The van der Waals surface area contributed by atoms with Gasteiger partial charge in [-0.05, 0) is 30.9 Å². The van der Waals surface area contributed by atoms with E-state index in [1.807, 2.05) is 0 Å². The van der Waals surface area contributed by atoms with Crippen molar-refractivity contribution in [1.82, 2.24) is 15.4 Å². The van der Waals surface area contributed by atoms with Crippen LogP contribution in [0.5, 0.6) is 0 Å². The summed E-state index contributed by atoms with van der Waals surface area (Å²) in [7, 11) is 0. The lowest BCUT2D eigenvalue weighted by molar-refractivity contribution is 0.111. The highest BCUT2D eigenvalue weighted by Gasteiger charge is 2.28. The Balaban J connectivity index is 1.78. The highest BCUT2D eigenvalue weighted by Crippen LogP contribution is 2.29. The third kappa shape index (κ3) is 2.02. The van der Waals surface area contributed by atoms with Gasteiger partial charge in [0.05, 0.1) is 11.4 Å². The molecule has 0 aromatic carbocycles. The van der Waals surface area contributed by atoms with Gasteiger partial charge in [0.15, 0.2) is 0 Å². The second-order valence-corrected chi connectivity index (χ2v) is 5.23. The zero-order valence-electron chi connectivity index (χ0n) is 10.5. The van der Waals surface area contributed by atoms with Crippen molar-refractivity contribution in [2.45, 2.75) is 38.3 Å². The molecule has 0 spiro atoms. The molecule has 0 unspecified atom stereocenters. The number of nitrogens with zero attached hydrogens (tertiary/aromatic N) is 2. The van der Waals surface area contributed by atoms with Crippen molar-refractivity contribution in [1.29, 1.82) is 0 Å². The van der Waals surface area contributed by atoms with Crippen LogP contribution in [0.3, 0.4) is 0 Å². The summed E-state index contributed by atoms with van der Waals surface area (Å²) in [6.07, 6.45) is 6.90. The van der Waals surface area contributed by atoms with Crippen LogP contribution in [0.4, 0.5) is 0 Å². The minimum absolute atomic E-state index is 0.506. The van der Waals surface area contributed by atoms with Crippen LogP contribution in [0.15, 0.2) is 18.8 Å². The minimum atomic E-state index is 0.506. The number of rotatable bonds is 3. The Labute approximate surface area is 107 Å². The number of nitrogens with one attached hydrogen (secondary N) is 1. The molecule has 0 saturated heterocycles. The minimum Gasteiger partial charge on any atom is -0.294 e. The van der Waals surface area contributed by atoms with Gasteiger partial charge < -0.3 is 0 Å². The van der Waals surface area contributed by atoms with Gasteiger partial charge in [0.1, 0.15) is 0 Å². The number of fused-ring (bicyclic) bond motifs is 1. The summed E-state index contributed by atoms with van der Waals surface area (Å²) < 4.78 is 0. The maximum absolute atomic E-state index is 8.86. The highest BCUT2D eigenvalue weighted by atomic mass is 16.5. The molecular formula is C14H19N3O. The molecule has 1 aromatic rings. The Morgan fingerprint density at radius 3 is 3.00 bits per heavy atom. The first kappa shape index (κ1) is 11.7. The highest BCUT2D eigenvalue weighted by molar-refractivity contribution is 5.60. The summed E-state index contributed by atoms with van der Waals surface area (Å²) in [6, 6.07) is 2.88. The van der Waals surface area contributed by atoms with E-state index in [0.717, 1.165) is 31.1 Å². The lowest BCUT2D eigenvalue weighted by Crippen LogP contribution is -2.43. The number of hydrogen-bond acceptors (Lipinski definition) is 4. The number of hydrogen-bond donors (Lipinski definition) is 2. The van der Waals surface area contributed by atoms with E-state index in [2.05, 4.69) is 28.0 Å². The van der Waals surface area contributed by atoms with Gasteiger partial charge in [0.2, 0.25) is 0 Å². The zero-order chi connectivity index (χ0) is 12.5. The second-order valence-electron chi connectivity index (χ2n) is 5.23. The summed E-state index contributed by atoms with van der Waals surface area (Å²) >= 11 is 0. The van der Waals surface area contributed by atoms with Gasteiger partial charge in [-0.2, -0.15) is 0 Å². The van der Waals surface area contributed by atoms with E-state index in [1.165, 1.54) is 30.5 Å². The van der Waals surface area contributed by atoms with Crippen molar-refractivity contribution >= 4 is 5.70 Å². The predicted molar refractivity (Wildman–Crippen MR) is 69.9 cm³/mol. The first-order valence-electron chi connectivity index (χ1n) is 6.59. The number of hydroxylamine groups is 1. The first-order chi connectivity index (χ1) is 8.78. The SMILES string of the molecule is C=C(NO)c1cnc2c(c1)CCN(C1CCC1)C2. The summed E-state index contributed by atoms with van der Waals surface area (Å²) in [5.74, 6) is 0. The van der Waals surface area contributed by atoms with E-state index in [-0.39, 0.29) is 0 Å². The third-order valence-electron chi connectivity index (χ3n) is 4.16. The van der Waals surface area contributed by atoms with Crippen LogP contribution in [-0.4, -0.2) is 27.7 Å². The van der Waals surface area contributed by atoms with Gasteiger partial charge in [-0.15, -0.1) is 0 Å². The topological polar surface area (TPSA) is 48.4 Å². The maximum atomic E-state index is 8.86. The van der Waals surface area contributed by atoms with Crippen molar-refractivity contribution in [3.05, 3.63) is 35.7 Å². The van der Waals surface area contributed by atoms with Crippen molar-refractivity contribution in [3.63, 3.8) is 0 Å². The molecule has 1 aliphatic heterocycles. The smallest absolute Gasteiger partial charge is 0.0618 e. The van der Waals surface area contributed by atoms with Gasteiger partial charge in [0, 0.05) is 30.9 Å². The predicted octanol–water partition coefficient (Wildman–Crippen LogP) is 1.94. The van der Waals surface area contributed by atoms with Crippen molar-refractivity contribution < 1.29 is 5.21 Å². The molecule has 3 rings (SSSR count). The van der Waals surface area contributed by atoms with Crippen LogP contribution in [0.2, 0.25) is 0 Å². The summed E-state index contributed by atoms with van der Waals surface area (Å²) in [5, 5.41) is 8.86. The Hall–Kier alpha value is -1.39. The monoisotopic (exact) mass is 245 g/mol. The van der Waals surface area contributed by atoms with Crippen LogP contribution in [-0.2, 0) is 13.0 Å². The van der Waals surface area contributed by atoms with Crippen molar-refractivity contribution in [3.8, 4) is 0 Å². The fourth-order valence-electron chi connectivity index (χ4n) is 2.73. The van der Waals surface area contributed by atoms with Crippen LogP contribution >= 0.6 is 0 Å². The summed E-state index contributed by atoms with van der Waals surface area (Å²) in [5.41, 5.74) is 5.94. The molecule has 0 atom stereocenters. The normalized spacial score (nSPS) is 20.1. The Bertz CT molecular complexity index is 468. The fourth-order valence-corrected chi connectivity index (χ4v) is 2.73. The van der Waals surface area contributed by atoms with Gasteiger partial charge in [-0.3, -0.25) is 20.6 Å². The van der Waals surface area contributed by atoms with Crippen LogP contribution in [0.1, 0.15) is 36.1 Å². The van der Waals surface area contributed by atoms with Crippen LogP contribution < -0.4 is 5.48 Å². The molecule has 4 nitrogen and oxygen atoms in total. The lowest BCUT2D eigenvalue weighted by Gasteiger charge is -2.40. The van der Waals surface area contributed by atoms with Gasteiger partial charge in [-0.25, -0.2) is 0 Å². The molecule has 1 aromatic heterocycles. The van der Waals surface area contributed by atoms with Gasteiger partial charge in [-0.1, -0.05) is 13.0 Å². The lowest BCUT2D eigenvalue weighted by atomic mass is 9.89. The Kier molecular flexibility index (Phi) is 3.06. The zero-order valence-corrected chi connectivity index (χ0v) is 10.5.